The van der Waals surface area contributed by atoms with E-state index in [1.54, 1.807) is 24.3 Å². The van der Waals surface area contributed by atoms with E-state index in [0.717, 1.165) is 31.4 Å². The molecule has 0 radical (unpaired) electrons. The van der Waals surface area contributed by atoms with E-state index in [9.17, 15) is 4.79 Å². The molecule has 2 N–H and O–H groups in total. The minimum absolute atomic E-state index is 0. The van der Waals surface area contributed by atoms with Gasteiger partial charge in [0.15, 0.2) is 0 Å². The van der Waals surface area contributed by atoms with Crippen LogP contribution >= 0.6 is 12.4 Å². The van der Waals surface area contributed by atoms with Gasteiger partial charge in [0.05, 0.1) is 11.3 Å². The summed E-state index contributed by atoms with van der Waals surface area (Å²) in [5.41, 5.74) is 4.81. The van der Waals surface area contributed by atoms with Gasteiger partial charge in [-0.05, 0) is 51.9 Å². The number of aromatic carboxylic acids is 1. The van der Waals surface area contributed by atoms with Crippen LogP contribution in [0.3, 0.4) is 0 Å². The zero-order chi connectivity index (χ0) is 14.5. The average molecular weight is 312 g/mol. The summed E-state index contributed by atoms with van der Waals surface area (Å²) in [6, 6.07) is 7.45. The number of benzene rings is 1. The van der Waals surface area contributed by atoms with Crippen LogP contribution in [0.15, 0.2) is 29.4 Å². The summed E-state index contributed by atoms with van der Waals surface area (Å²) in [5, 5.41) is 13.5. The molecule has 21 heavy (non-hydrogen) atoms. The molecule has 1 aromatic carbocycles. The molecule has 116 valence electrons. The summed E-state index contributed by atoms with van der Waals surface area (Å²) < 4.78 is 0. The predicted octanol–water partition coefficient (Wildman–Crippen LogP) is 3.08. The van der Waals surface area contributed by atoms with Gasteiger partial charge in [0, 0.05) is 11.8 Å². The van der Waals surface area contributed by atoms with Gasteiger partial charge >= 0.3 is 5.97 Å². The number of hydrogen-bond donors (Lipinski definition) is 2. The van der Waals surface area contributed by atoms with Crippen molar-refractivity contribution < 1.29 is 9.90 Å². The lowest BCUT2D eigenvalue weighted by Gasteiger charge is -2.28. The minimum atomic E-state index is -0.940. The fourth-order valence-electron chi connectivity index (χ4n) is 2.47. The van der Waals surface area contributed by atoms with Gasteiger partial charge in [-0.25, -0.2) is 4.79 Å². The van der Waals surface area contributed by atoms with Crippen LogP contribution in [0, 0.1) is 0 Å². The summed E-state index contributed by atoms with van der Waals surface area (Å²) in [5.74, 6) is -0.940. The number of nitrogens with one attached hydrogen (secondary N) is 1. The zero-order valence-corrected chi connectivity index (χ0v) is 13.2. The maximum absolute atomic E-state index is 11.1. The van der Waals surface area contributed by atoms with Crippen molar-refractivity contribution in [1.82, 2.24) is 4.90 Å². The first-order valence-electron chi connectivity index (χ1n) is 6.88. The van der Waals surface area contributed by atoms with Crippen molar-refractivity contribution in [1.29, 1.82) is 0 Å². The second-order valence-corrected chi connectivity index (χ2v) is 5.34. The second-order valence-electron chi connectivity index (χ2n) is 5.34. The van der Waals surface area contributed by atoms with Crippen molar-refractivity contribution in [3.8, 4) is 0 Å². The number of anilines is 1. The van der Waals surface area contributed by atoms with Gasteiger partial charge < -0.3 is 10.0 Å². The van der Waals surface area contributed by atoms with Crippen LogP contribution in [-0.2, 0) is 0 Å². The summed E-state index contributed by atoms with van der Waals surface area (Å²) in [4.78, 5) is 13.4. The maximum Gasteiger partial charge on any atom is 0.337 e. The number of rotatable bonds is 4. The Morgan fingerprint density at radius 2 is 1.90 bits per heavy atom. The fraction of sp³-hybridized carbons (Fsp3) is 0.467. The molecule has 1 aliphatic carbocycles. The highest BCUT2D eigenvalue weighted by Gasteiger charge is 2.19. The van der Waals surface area contributed by atoms with Crippen LogP contribution < -0.4 is 5.43 Å². The highest BCUT2D eigenvalue weighted by molar-refractivity contribution is 5.94. The first-order valence-corrected chi connectivity index (χ1v) is 6.88. The van der Waals surface area contributed by atoms with Crippen molar-refractivity contribution in [3.63, 3.8) is 0 Å². The third-order valence-corrected chi connectivity index (χ3v) is 3.75. The van der Waals surface area contributed by atoms with E-state index in [2.05, 4.69) is 29.5 Å². The molecular weight excluding hydrogens is 290 g/mol. The van der Waals surface area contributed by atoms with E-state index in [-0.39, 0.29) is 18.0 Å². The van der Waals surface area contributed by atoms with Crippen molar-refractivity contribution in [2.45, 2.75) is 31.7 Å². The summed E-state index contributed by atoms with van der Waals surface area (Å²) in [6.45, 7) is 0. The molecule has 0 aromatic heterocycles. The van der Waals surface area contributed by atoms with Crippen LogP contribution in [0.2, 0.25) is 0 Å². The second kappa shape index (κ2) is 8.00. The molecule has 0 spiro atoms. The van der Waals surface area contributed by atoms with Gasteiger partial charge in [-0.1, -0.05) is 12.1 Å². The molecule has 0 bridgehead atoms. The van der Waals surface area contributed by atoms with E-state index in [4.69, 9.17) is 5.11 Å². The van der Waals surface area contributed by atoms with Crippen molar-refractivity contribution in [2.75, 3.05) is 19.5 Å². The molecule has 1 aliphatic rings. The highest BCUT2D eigenvalue weighted by Crippen LogP contribution is 2.20. The average Bonchev–Trinajstić information content (AvgIpc) is 2.45. The lowest BCUT2D eigenvalue weighted by Crippen LogP contribution is -2.32. The molecule has 1 fully saturated rings. The Morgan fingerprint density at radius 3 is 2.48 bits per heavy atom. The van der Waals surface area contributed by atoms with Crippen molar-refractivity contribution in [3.05, 3.63) is 29.8 Å². The maximum atomic E-state index is 11.1. The van der Waals surface area contributed by atoms with Gasteiger partial charge in [-0.2, -0.15) is 5.10 Å². The normalized spacial score (nSPS) is 18.0. The lowest BCUT2D eigenvalue weighted by atomic mass is 9.93. The molecule has 1 saturated carbocycles. The monoisotopic (exact) mass is 311 g/mol. The van der Waals surface area contributed by atoms with Crippen LogP contribution in [0.25, 0.3) is 0 Å². The van der Waals surface area contributed by atoms with Crippen LogP contribution in [0.5, 0.6) is 0 Å². The van der Waals surface area contributed by atoms with Crippen LogP contribution in [0.4, 0.5) is 5.69 Å². The molecule has 5 nitrogen and oxygen atoms in total. The van der Waals surface area contributed by atoms with Gasteiger partial charge in [-0.3, -0.25) is 5.43 Å². The van der Waals surface area contributed by atoms with E-state index < -0.39 is 5.97 Å². The number of para-hydroxylation sites is 1. The predicted molar refractivity (Wildman–Crippen MR) is 87.7 cm³/mol. The Balaban J connectivity index is 0.00000220. The Labute approximate surface area is 131 Å². The molecule has 0 unspecified atom stereocenters. The Kier molecular flexibility index (Phi) is 6.65. The Hall–Kier alpha value is -1.59. The third-order valence-electron chi connectivity index (χ3n) is 3.75. The Morgan fingerprint density at radius 1 is 1.29 bits per heavy atom. The molecule has 0 aliphatic heterocycles. The highest BCUT2D eigenvalue weighted by atomic mass is 35.5. The quantitative estimate of drug-likeness (QED) is 0.839. The van der Waals surface area contributed by atoms with Gasteiger partial charge in [0.25, 0.3) is 0 Å². The van der Waals surface area contributed by atoms with Gasteiger partial charge in [0.1, 0.15) is 0 Å². The van der Waals surface area contributed by atoms with Crippen LogP contribution in [-0.4, -0.2) is 41.8 Å². The van der Waals surface area contributed by atoms with E-state index in [0.29, 0.717) is 11.7 Å². The molecular formula is C15H22ClN3O2. The topological polar surface area (TPSA) is 64.9 Å². The van der Waals surface area contributed by atoms with E-state index in [1.165, 1.54) is 0 Å². The van der Waals surface area contributed by atoms with Crippen molar-refractivity contribution >= 4 is 29.8 Å². The smallest absolute Gasteiger partial charge is 0.337 e. The van der Waals surface area contributed by atoms with Crippen LogP contribution in [0.1, 0.15) is 36.0 Å². The number of hydrogen-bond acceptors (Lipinski definition) is 4. The first kappa shape index (κ1) is 17.5. The fourth-order valence-corrected chi connectivity index (χ4v) is 2.47. The largest absolute Gasteiger partial charge is 0.478 e. The zero-order valence-electron chi connectivity index (χ0n) is 12.4. The van der Waals surface area contributed by atoms with Crippen molar-refractivity contribution in [2.24, 2.45) is 5.10 Å². The molecule has 6 heteroatoms. The lowest BCUT2D eigenvalue weighted by molar-refractivity contribution is 0.0698. The molecule has 0 heterocycles. The summed E-state index contributed by atoms with van der Waals surface area (Å²) >= 11 is 0. The van der Waals surface area contributed by atoms with Gasteiger partial charge in [0.2, 0.25) is 0 Å². The molecule has 0 saturated heterocycles. The summed E-state index contributed by atoms with van der Waals surface area (Å²) in [6.07, 6.45) is 4.14. The van der Waals surface area contributed by atoms with Gasteiger partial charge in [-0.15, -0.1) is 12.4 Å². The number of halogens is 1. The number of carboxylic acids is 1. The summed E-state index contributed by atoms with van der Waals surface area (Å²) in [7, 11) is 4.21. The standard InChI is InChI=1S/C15H21N3O2.ClH/c1-18(2)12-9-7-11(8-10-12)16-17-14-6-4-3-5-13(14)15(19)20;/h3-6,12,17H,7-10H2,1-2H3,(H,19,20);1H. The minimum Gasteiger partial charge on any atom is -0.478 e. The third kappa shape index (κ3) is 4.72. The molecule has 0 amide bonds. The van der Waals surface area contributed by atoms with E-state index >= 15 is 0 Å². The number of hydrazone groups is 1. The first-order chi connectivity index (χ1) is 9.58. The SMILES string of the molecule is CN(C)C1CCC(=NNc2ccccc2C(=O)O)CC1.Cl. The van der Waals surface area contributed by atoms with E-state index in [1.807, 2.05) is 0 Å². The Bertz CT molecular complexity index is 507. The molecule has 1 aromatic rings. The molecule has 2 rings (SSSR count). The number of carboxylic acid groups (broad SMARTS) is 1. The molecule has 0 atom stereocenters. The number of nitrogens with zero attached hydrogens (tertiary/aromatic N) is 2. The number of carbonyl (C=O) groups is 1.